The third-order valence-corrected chi connectivity index (χ3v) is 5.39. The highest BCUT2D eigenvalue weighted by molar-refractivity contribution is 8.00. The van der Waals surface area contributed by atoms with Crippen molar-refractivity contribution in [3.05, 3.63) is 48.0 Å². The molecule has 0 unspecified atom stereocenters. The predicted molar refractivity (Wildman–Crippen MR) is 111 cm³/mol. The third-order valence-electron chi connectivity index (χ3n) is 4.34. The maximum Gasteiger partial charge on any atom is 0.308 e. The number of rotatable bonds is 7. The van der Waals surface area contributed by atoms with Gasteiger partial charge in [0, 0.05) is 11.4 Å². The van der Waals surface area contributed by atoms with Crippen LogP contribution in [0.15, 0.2) is 47.4 Å². The first-order valence-electron chi connectivity index (χ1n) is 9.10. The molecular formula is C21H22N2O5S. The van der Waals surface area contributed by atoms with Crippen molar-refractivity contribution in [1.82, 2.24) is 0 Å². The molecule has 0 bridgehead atoms. The topological polar surface area (TPSA) is 84.9 Å². The highest BCUT2D eigenvalue weighted by Crippen LogP contribution is 2.34. The van der Waals surface area contributed by atoms with E-state index < -0.39 is 18.5 Å². The summed E-state index contributed by atoms with van der Waals surface area (Å²) in [5.74, 6) is -0.189. The molecule has 0 saturated heterocycles. The third kappa shape index (κ3) is 5.29. The van der Waals surface area contributed by atoms with Crippen molar-refractivity contribution in [2.75, 3.05) is 36.2 Å². The van der Waals surface area contributed by atoms with E-state index in [-0.39, 0.29) is 18.9 Å². The number of hydrogen-bond donors (Lipinski definition) is 1. The number of amides is 2. The molecule has 29 heavy (non-hydrogen) atoms. The van der Waals surface area contributed by atoms with Crippen LogP contribution in [0.1, 0.15) is 12.0 Å². The van der Waals surface area contributed by atoms with Crippen LogP contribution in [-0.4, -0.2) is 43.8 Å². The monoisotopic (exact) mass is 414 g/mol. The Morgan fingerprint density at radius 3 is 2.79 bits per heavy atom. The van der Waals surface area contributed by atoms with Gasteiger partial charge in [-0.1, -0.05) is 18.2 Å². The fourth-order valence-corrected chi connectivity index (χ4v) is 3.86. The number of carbonyl (C=O) groups excluding carboxylic acids is 3. The molecule has 1 heterocycles. The first kappa shape index (κ1) is 20.7. The lowest BCUT2D eigenvalue weighted by atomic mass is 10.2. The first-order valence-corrected chi connectivity index (χ1v) is 10.1. The number of benzene rings is 2. The van der Waals surface area contributed by atoms with Crippen molar-refractivity contribution in [2.24, 2.45) is 0 Å². The van der Waals surface area contributed by atoms with E-state index in [1.807, 2.05) is 37.3 Å². The second-order valence-electron chi connectivity index (χ2n) is 6.46. The lowest BCUT2D eigenvalue weighted by Crippen LogP contribution is -2.37. The Balaban J connectivity index is 1.50. The van der Waals surface area contributed by atoms with E-state index >= 15 is 0 Å². The summed E-state index contributed by atoms with van der Waals surface area (Å²) in [6.07, 6.45) is 0.00574. The van der Waals surface area contributed by atoms with Crippen molar-refractivity contribution in [3.63, 3.8) is 0 Å². The van der Waals surface area contributed by atoms with Crippen LogP contribution < -0.4 is 15.0 Å². The van der Waals surface area contributed by atoms with Crippen LogP contribution in [0, 0.1) is 6.92 Å². The van der Waals surface area contributed by atoms with Gasteiger partial charge in [-0.2, -0.15) is 0 Å². The average molecular weight is 414 g/mol. The number of nitrogens with one attached hydrogen (secondary N) is 1. The number of methoxy groups -OCH3 is 1. The maximum absolute atomic E-state index is 12.2. The number of hydrogen-bond acceptors (Lipinski definition) is 6. The molecule has 0 atom stereocenters. The molecule has 0 spiro atoms. The lowest BCUT2D eigenvalue weighted by molar-refractivity contribution is -0.147. The molecule has 0 aliphatic carbocycles. The second-order valence-corrected chi connectivity index (χ2v) is 7.48. The fourth-order valence-electron chi connectivity index (χ4n) is 2.93. The molecule has 0 saturated carbocycles. The Labute approximate surface area is 173 Å². The van der Waals surface area contributed by atoms with Crippen LogP contribution in [0.5, 0.6) is 5.75 Å². The quantitative estimate of drug-likeness (QED) is 0.701. The standard InChI is InChI=1S/C21H22N2O5S/c1-14-7-8-17(27-2)15(11-14)22-19(24)12-28-21(26)9-10-23-16-5-3-4-6-18(16)29-13-20(23)25/h3-8,11H,9-10,12-13H2,1-2H3,(H,22,24). The Hall–Kier alpha value is -3.00. The van der Waals surface area contributed by atoms with Gasteiger partial charge in [0.25, 0.3) is 5.91 Å². The Bertz CT molecular complexity index is 931. The number of fused-ring (bicyclic) bond motifs is 1. The molecule has 2 aromatic carbocycles. The molecule has 0 radical (unpaired) electrons. The zero-order chi connectivity index (χ0) is 20.8. The molecule has 0 aromatic heterocycles. The van der Waals surface area contributed by atoms with E-state index in [4.69, 9.17) is 9.47 Å². The minimum Gasteiger partial charge on any atom is -0.495 e. The summed E-state index contributed by atoms with van der Waals surface area (Å²) in [5, 5.41) is 2.67. The molecule has 0 fully saturated rings. The van der Waals surface area contributed by atoms with E-state index in [1.165, 1.54) is 18.9 Å². The zero-order valence-corrected chi connectivity index (χ0v) is 17.1. The summed E-state index contributed by atoms with van der Waals surface area (Å²) >= 11 is 1.48. The minimum absolute atomic E-state index is 0.00574. The number of ether oxygens (including phenoxy) is 2. The number of para-hydroxylation sites is 1. The normalized spacial score (nSPS) is 12.9. The average Bonchev–Trinajstić information content (AvgIpc) is 2.71. The van der Waals surface area contributed by atoms with E-state index in [0.29, 0.717) is 17.2 Å². The SMILES string of the molecule is COc1ccc(C)cc1NC(=O)COC(=O)CCN1C(=O)CSc2ccccc21. The number of anilines is 2. The molecule has 8 heteroatoms. The van der Waals surface area contributed by atoms with E-state index in [2.05, 4.69) is 5.32 Å². The summed E-state index contributed by atoms with van der Waals surface area (Å²) in [6.45, 7) is 1.70. The number of carbonyl (C=O) groups is 3. The molecule has 2 aromatic rings. The van der Waals surface area contributed by atoms with Gasteiger partial charge in [0.1, 0.15) is 5.75 Å². The molecule has 7 nitrogen and oxygen atoms in total. The van der Waals surface area contributed by atoms with Gasteiger partial charge in [0.15, 0.2) is 6.61 Å². The predicted octanol–water partition coefficient (Wildman–Crippen LogP) is 3.01. The fraction of sp³-hybridized carbons (Fsp3) is 0.286. The van der Waals surface area contributed by atoms with Gasteiger partial charge in [0.05, 0.1) is 30.7 Å². The molecule has 152 valence electrons. The lowest BCUT2D eigenvalue weighted by Gasteiger charge is -2.28. The Morgan fingerprint density at radius 2 is 2.00 bits per heavy atom. The van der Waals surface area contributed by atoms with Crippen molar-refractivity contribution in [2.45, 2.75) is 18.2 Å². The van der Waals surface area contributed by atoms with Crippen molar-refractivity contribution in [3.8, 4) is 5.75 Å². The second kappa shape index (κ2) is 9.47. The summed E-state index contributed by atoms with van der Waals surface area (Å²) < 4.78 is 10.3. The highest BCUT2D eigenvalue weighted by atomic mass is 32.2. The van der Waals surface area contributed by atoms with Crippen LogP contribution >= 0.6 is 11.8 Å². The summed E-state index contributed by atoms with van der Waals surface area (Å²) in [7, 11) is 1.51. The van der Waals surface area contributed by atoms with Gasteiger partial charge in [0.2, 0.25) is 5.91 Å². The van der Waals surface area contributed by atoms with Crippen LogP contribution in [0.3, 0.4) is 0 Å². The van der Waals surface area contributed by atoms with Gasteiger partial charge in [-0.3, -0.25) is 14.4 Å². The van der Waals surface area contributed by atoms with Gasteiger partial charge in [-0.25, -0.2) is 0 Å². The number of thioether (sulfide) groups is 1. The van der Waals surface area contributed by atoms with Gasteiger partial charge < -0.3 is 19.7 Å². The largest absolute Gasteiger partial charge is 0.495 e. The van der Waals surface area contributed by atoms with Crippen LogP contribution in [0.4, 0.5) is 11.4 Å². The zero-order valence-electron chi connectivity index (χ0n) is 16.3. The van der Waals surface area contributed by atoms with Crippen molar-refractivity contribution < 1.29 is 23.9 Å². The van der Waals surface area contributed by atoms with E-state index in [9.17, 15) is 14.4 Å². The molecule has 1 aliphatic rings. The number of aryl methyl sites for hydroxylation is 1. The van der Waals surface area contributed by atoms with Crippen LogP contribution in [0.25, 0.3) is 0 Å². The van der Waals surface area contributed by atoms with Gasteiger partial charge in [-0.05, 0) is 36.8 Å². The van der Waals surface area contributed by atoms with Crippen molar-refractivity contribution >= 4 is 40.9 Å². The van der Waals surface area contributed by atoms with Crippen LogP contribution in [-0.2, 0) is 19.1 Å². The first-order chi connectivity index (χ1) is 14.0. The van der Waals surface area contributed by atoms with E-state index in [0.717, 1.165) is 16.1 Å². The summed E-state index contributed by atoms with van der Waals surface area (Å²) in [4.78, 5) is 39.0. The molecule has 1 aliphatic heterocycles. The summed E-state index contributed by atoms with van der Waals surface area (Å²) in [5.41, 5.74) is 2.27. The highest BCUT2D eigenvalue weighted by Gasteiger charge is 2.25. The smallest absolute Gasteiger partial charge is 0.308 e. The summed E-state index contributed by atoms with van der Waals surface area (Å²) in [6, 6.07) is 13.0. The Kier molecular flexibility index (Phi) is 6.77. The minimum atomic E-state index is -0.542. The molecular weight excluding hydrogens is 392 g/mol. The number of nitrogens with zero attached hydrogens (tertiary/aromatic N) is 1. The molecule has 1 N–H and O–H groups in total. The maximum atomic E-state index is 12.2. The van der Waals surface area contributed by atoms with Gasteiger partial charge in [-0.15, -0.1) is 11.8 Å². The Morgan fingerprint density at radius 1 is 1.21 bits per heavy atom. The number of esters is 1. The van der Waals surface area contributed by atoms with E-state index in [1.54, 1.807) is 17.0 Å². The van der Waals surface area contributed by atoms with Crippen LogP contribution in [0.2, 0.25) is 0 Å². The van der Waals surface area contributed by atoms with Crippen molar-refractivity contribution in [1.29, 1.82) is 0 Å². The molecule has 2 amide bonds. The van der Waals surface area contributed by atoms with Gasteiger partial charge >= 0.3 is 5.97 Å². The molecule has 3 rings (SSSR count).